The Hall–Kier alpha value is -1.19. The predicted octanol–water partition coefficient (Wildman–Crippen LogP) is -0.0192. The molecule has 0 fully saturated rings. The van der Waals surface area contributed by atoms with Crippen molar-refractivity contribution in [3.8, 4) is 0 Å². The van der Waals surface area contributed by atoms with Crippen molar-refractivity contribution in [1.29, 1.82) is 0 Å². The van der Waals surface area contributed by atoms with Crippen molar-refractivity contribution < 1.29 is 4.79 Å². The average molecular weight is 141 g/mol. The SMILES string of the molecule is CN=CC(CC(C)=O)=NN. The summed E-state index contributed by atoms with van der Waals surface area (Å²) in [6.45, 7) is 1.48. The van der Waals surface area contributed by atoms with Gasteiger partial charge in [0.1, 0.15) is 5.78 Å². The number of hydrogen-bond donors (Lipinski definition) is 1. The van der Waals surface area contributed by atoms with Gasteiger partial charge in [-0.1, -0.05) is 0 Å². The van der Waals surface area contributed by atoms with Crippen LogP contribution in [0.5, 0.6) is 0 Å². The second-order valence-corrected chi connectivity index (χ2v) is 1.89. The van der Waals surface area contributed by atoms with Gasteiger partial charge in [0, 0.05) is 13.3 Å². The summed E-state index contributed by atoms with van der Waals surface area (Å²) in [6, 6.07) is 0. The van der Waals surface area contributed by atoms with Gasteiger partial charge in [0.05, 0.1) is 12.1 Å². The minimum absolute atomic E-state index is 0.0316. The molecule has 2 N–H and O–H groups in total. The van der Waals surface area contributed by atoms with E-state index >= 15 is 0 Å². The Labute approximate surface area is 59.8 Å². The molecule has 4 nitrogen and oxygen atoms in total. The highest BCUT2D eigenvalue weighted by Crippen LogP contribution is 1.83. The van der Waals surface area contributed by atoms with E-state index < -0.39 is 0 Å². The molecule has 0 rings (SSSR count). The van der Waals surface area contributed by atoms with Crippen LogP contribution in [0.2, 0.25) is 0 Å². The topological polar surface area (TPSA) is 67.8 Å². The first kappa shape index (κ1) is 8.81. The summed E-state index contributed by atoms with van der Waals surface area (Å²) < 4.78 is 0. The molecule has 0 aromatic heterocycles. The average Bonchev–Trinajstić information content (AvgIpc) is 1.86. The van der Waals surface area contributed by atoms with Crippen LogP contribution >= 0.6 is 0 Å². The van der Waals surface area contributed by atoms with Crippen molar-refractivity contribution in [3.05, 3.63) is 0 Å². The smallest absolute Gasteiger partial charge is 0.135 e. The van der Waals surface area contributed by atoms with E-state index in [0.717, 1.165) is 0 Å². The largest absolute Gasteiger partial charge is 0.323 e. The summed E-state index contributed by atoms with van der Waals surface area (Å²) in [4.78, 5) is 14.2. The van der Waals surface area contributed by atoms with E-state index in [4.69, 9.17) is 5.84 Å². The van der Waals surface area contributed by atoms with Crippen LogP contribution in [0, 0.1) is 0 Å². The molecule has 0 atom stereocenters. The normalized spacial score (nSPS) is 12.4. The number of hydrazone groups is 1. The molecule has 0 radical (unpaired) electrons. The number of carbonyl (C=O) groups excluding carboxylic acids is 1. The van der Waals surface area contributed by atoms with E-state index in [9.17, 15) is 4.79 Å². The minimum atomic E-state index is 0.0316. The van der Waals surface area contributed by atoms with Gasteiger partial charge in [-0.05, 0) is 6.92 Å². The highest BCUT2D eigenvalue weighted by molar-refractivity contribution is 6.34. The number of carbonyl (C=O) groups is 1. The zero-order chi connectivity index (χ0) is 7.98. The maximum atomic E-state index is 10.5. The van der Waals surface area contributed by atoms with E-state index in [-0.39, 0.29) is 12.2 Å². The van der Waals surface area contributed by atoms with Crippen molar-refractivity contribution in [2.24, 2.45) is 15.9 Å². The van der Waals surface area contributed by atoms with Gasteiger partial charge >= 0.3 is 0 Å². The third-order valence-corrected chi connectivity index (χ3v) is 0.874. The summed E-state index contributed by atoms with van der Waals surface area (Å²) in [5.74, 6) is 4.98. The number of hydrogen-bond acceptors (Lipinski definition) is 4. The molecule has 0 unspecified atom stereocenters. The van der Waals surface area contributed by atoms with Gasteiger partial charge in [-0.3, -0.25) is 9.79 Å². The monoisotopic (exact) mass is 141 g/mol. The first-order valence-corrected chi connectivity index (χ1v) is 2.89. The van der Waals surface area contributed by atoms with Crippen LogP contribution in [-0.2, 0) is 4.79 Å². The lowest BCUT2D eigenvalue weighted by atomic mass is 10.2. The molecule has 0 aliphatic carbocycles. The molecule has 0 heterocycles. The molecule has 0 amide bonds. The lowest BCUT2D eigenvalue weighted by Gasteiger charge is -1.91. The predicted molar refractivity (Wildman–Crippen MR) is 41.3 cm³/mol. The Balaban J connectivity index is 3.98. The number of nitrogens with zero attached hydrogens (tertiary/aromatic N) is 2. The Bertz CT molecular complexity index is 172. The van der Waals surface area contributed by atoms with Crippen LogP contribution in [0.3, 0.4) is 0 Å². The summed E-state index contributed by atoms with van der Waals surface area (Å²) in [6.07, 6.45) is 1.73. The first-order valence-electron chi connectivity index (χ1n) is 2.89. The molecule has 0 saturated heterocycles. The lowest BCUT2D eigenvalue weighted by molar-refractivity contribution is -0.115. The fourth-order valence-corrected chi connectivity index (χ4v) is 0.529. The number of Topliss-reactive ketones (excluding diaryl/α,β-unsaturated/α-hetero) is 1. The lowest BCUT2D eigenvalue weighted by Crippen LogP contribution is -2.08. The van der Waals surface area contributed by atoms with Gasteiger partial charge in [0.2, 0.25) is 0 Å². The van der Waals surface area contributed by atoms with E-state index in [0.29, 0.717) is 5.71 Å². The van der Waals surface area contributed by atoms with Gasteiger partial charge in [-0.2, -0.15) is 5.10 Å². The number of aliphatic imine (C=N–C) groups is 1. The van der Waals surface area contributed by atoms with Gasteiger partial charge in [-0.15, -0.1) is 0 Å². The van der Waals surface area contributed by atoms with Crippen LogP contribution in [0.4, 0.5) is 0 Å². The van der Waals surface area contributed by atoms with Crippen LogP contribution < -0.4 is 5.84 Å². The van der Waals surface area contributed by atoms with Crippen LogP contribution in [0.1, 0.15) is 13.3 Å². The molecule has 10 heavy (non-hydrogen) atoms. The fourth-order valence-electron chi connectivity index (χ4n) is 0.529. The zero-order valence-corrected chi connectivity index (χ0v) is 6.16. The van der Waals surface area contributed by atoms with Crippen molar-refractivity contribution >= 4 is 17.7 Å². The van der Waals surface area contributed by atoms with Gasteiger partial charge in [0.25, 0.3) is 0 Å². The molecule has 0 aliphatic heterocycles. The number of rotatable bonds is 3. The summed E-state index contributed by atoms with van der Waals surface area (Å²) in [5, 5.41) is 3.36. The Kier molecular flexibility index (Phi) is 4.11. The molecular weight excluding hydrogens is 130 g/mol. The maximum Gasteiger partial charge on any atom is 0.135 e. The first-order chi connectivity index (χ1) is 4.70. The quantitative estimate of drug-likeness (QED) is 0.341. The maximum absolute atomic E-state index is 10.5. The highest BCUT2D eigenvalue weighted by Gasteiger charge is 1.97. The van der Waals surface area contributed by atoms with E-state index in [2.05, 4.69) is 10.1 Å². The van der Waals surface area contributed by atoms with Crippen molar-refractivity contribution in [2.75, 3.05) is 7.05 Å². The van der Waals surface area contributed by atoms with E-state index in [1.54, 1.807) is 7.05 Å². The number of ketones is 1. The number of nitrogens with two attached hydrogens (primary N) is 1. The minimum Gasteiger partial charge on any atom is -0.323 e. The van der Waals surface area contributed by atoms with Crippen LogP contribution in [0.15, 0.2) is 10.1 Å². The van der Waals surface area contributed by atoms with Crippen LogP contribution in [0.25, 0.3) is 0 Å². The fraction of sp³-hybridized carbons (Fsp3) is 0.500. The van der Waals surface area contributed by atoms with Gasteiger partial charge < -0.3 is 5.84 Å². The summed E-state index contributed by atoms with van der Waals surface area (Å²) in [5.41, 5.74) is 0.509. The van der Waals surface area contributed by atoms with E-state index in [1.807, 2.05) is 0 Å². The molecule has 0 saturated carbocycles. The molecule has 0 bridgehead atoms. The van der Waals surface area contributed by atoms with E-state index in [1.165, 1.54) is 13.1 Å². The van der Waals surface area contributed by atoms with Crippen molar-refractivity contribution in [1.82, 2.24) is 0 Å². The second kappa shape index (κ2) is 4.67. The Morgan fingerprint density at radius 2 is 2.30 bits per heavy atom. The Morgan fingerprint density at radius 3 is 2.60 bits per heavy atom. The molecular formula is C6H11N3O. The van der Waals surface area contributed by atoms with Crippen molar-refractivity contribution in [3.63, 3.8) is 0 Å². The van der Waals surface area contributed by atoms with Crippen molar-refractivity contribution in [2.45, 2.75) is 13.3 Å². The van der Waals surface area contributed by atoms with Gasteiger partial charge in [0.15, 0.2) is 0 Å². The zero-order valence-electron chi connectivity index (χ0n) is 6.16. The molecule has 56 valence electrons. The Morgan fingerprint density at radius 1 is 1.70 bits per heavy atom. The standard InChI is InChI=1S/C6H11N3O/c1-5(10)3-6(9-7)4-8-2/h4H,3,7H2,1-2H3. The molecule has 0 aliphatic rings. The molecule has 0 aromatic rings. The third-order valence-electron chi connectivity index (χ3n) is 0.874. The molecule has 0 spiro atoms. The molecule has 0 aromatic carbocycles. The molecule has 4 heteroatoms. The van der Waals surface area contributed by atoms with Crippen LogP contribution in [-0.4, -0.2) is 24.8 Å². The summed E-state index contributed by atoms with van der Waals surface area (Å²) >= 11 is 0. The highest BCUT2D eigenvalue weighted by atomic mass is 16.1. The second-order valence-electron chi connectivity index (χ2n) is 1.89. The third kappa shape index (κ3) is 3.77. The van der Waals surface area contributed by atoms with Gasteiger partial charge in [-0.25, -0.2) is 0 Å². The summed E-state index contributed by atoms with van der Waals surface area (Å²) in [7, 11) is 1.60.